The highest BCUT2D eigenvalue weighted by atomic mass is 19.4. The highest BCUT2D eigenvalue weighted by Crippen LogP contribution is 2.40. The number of carbonyl (C=O) groups is 1. The van der Waals surface area contributed by atoms with Gasteiger partial charge in [0.25, 0.3) is 5.91 Å². The van der Waals surface area contributed by atoms with Gasteiger partial charge < -0.3 is 14.4 Å². The molecule has 0 aliphatic carbocycles. The Morgan fingerprint density at radius 3 is 2.20 bits per heavy atom. The van der Waals surface area contributed by atoms with Crippen molar-refractivity contribution >= 4 is 16.8 Å². The molecule has 8 heteroatoms. The Balaban J connectivity index is 1.61. The van der Waals surface area contributed by atoms with Gasteiger partial charge in [0.1, 0.15) is 17.2 Å². The standard InChI is InChI=1S/C27H21F3N2O3/c1-34-19-9-3-16(4-10-19)14-32-15-22-24(17-5-7-18(8-6-17)27(28,29)30)21-13-20(35-2)11-12-23(21)31-25(22)26(32)33/h3-13H,14-15H2,1-2H3. The second-order valence-corrected chi connectivity index (χ2v) is 8.28. The van der Waals surface area contributed by atoms with E-state index in [0.717, 1.165) is 23.4 Å². The van der Waals surface area contributed by atoms with E-state index in [-0.39, 0.29) is 12.5 Å². The van der Waals surface area contributed by atoms with Crippen molar-refractivity contribution in [1.29, 1.82) is 0 Å². The van der Waals surface area contributed by atoms with E-state index >= 15 is 0 Å². The van der Waals surface area contributed by atoms with Gasteiger partial charge >= 0.3 is 6.18 Å². The number of pyridine rings is 1. The first-order valence-electron chi connectivity index (χ1n) is 10.9. The highest BCUT2D eigenvalue weighted by Gasteiger charge is 2.34. The summed E-state index contributed by atoms with van der Waals surface area (Å²) in [6.45, 7) is 0.655. The summed E-state index contributed by atoms with van der Waals surface area (Å²) in [6, 6.07) is 17.7. The van der Waals surface area contributed by atoms with Crippen molar-refractivity contribution < 1.29 is 27.4 Å². The topological polar surface area (TPSA) is 51.7 Å². The van der Waals surface area contributed by atoms with E-state index in [1.165, 1.54) is 12.1 Å². The fourth-order valence-corrected chi connectivity index (χ4v) is 4.39. The maximum Gasteiger partial charge on any atom is 0.416 e. The first-order chi connectivity index (χ1) is 16.8. The molecule has 0 saturated carbocycles. The van der Waals surface area contributed by atoms with Crippen molar-refractivity contribution in [2.24, 2.45) is 0 Å². The van der Waals surface area contributed by atoms with Gasteiger partial charge in [0.15, 0.2) is 0 Å². The molecular formula is C27H21F3N2O3. The van der Waals surface area contributed by atoms with Crippen molar-refractivity contribution in [2.75, 3.05) is 14.2 Å². The van der Waals surface area contributed by atoms with Crippen molar-refractivity contribution in [3.05, 3.63) is 89.1 Å². The van der Waals surface area contributed by atoms with Crippen LogP contribution in [0.4, 0.5) is 13.2 Å². The molecule has 0 atom stereocenters. The number of alkyl halides is 3. The Morgan fingerprint density at radius 2 is 1.57 bits per heavy atom. The maximum atomic E-state index is 13.3. The van der Waals surface area contributed by atoms with Crippen LogP contribution in [0.15, 0.2) is 66.7 Å². The second kappa shape index (κ2) is 8.61. The van der Waals surface area contributed by atoms with E-state index in [9.17, 15) is 18.0 Å². The third-order valence-corrected chi connectivity index (χ3v) is 6.17. The molecule has 0 fully saturated rings. The number of ether oxygens (including phenoxy) is 2. The first kappa shape index (κ1) is 22.7. The van der Waals surface area contributed by atoms with Gasteiger partial charge in [-0.2, -0.15) is 13.2 Å². The molecule has 5 nitrogen and oxygen atoms in total. The van der Waals surface area contributed by atoms with Crippen LogP contribution >= 0.6 is 0 Å². The molecule has 2 heterocycles. The summed E-state index contributed by atoms with van der Waals surface area (Å²) in [6.07, 6.45) is -4.44. The van der Waals surface area contributed by atoms with Gasteiger partial charge in [-0.1, -0.05) is 24.3 Å². The molecule has 0 radical (unpaired) electrons. The molecule has 0 unspecified atom stereocenters. The monoisotopic (exact) mass is 478 g/mol. The number of halogens is 3. The number of hydrogen-bond acceptors (Lipinski definition) is 4. The van der Waals surface area contributed by atoms with Crippen LogP contribution in [0.5, 0.6) is 11.5 Å². The van der Waals surface area contributed by atoms with Gasteiger partial charge in [-0.05, 0) is 59.2 Å². The van der Waals surface area contributed by atoms with E-state index in [0.29, 0.717) is 45.6 Å². The van der Waals surface area contributed by atoms with Crippen LogP contribution in [-0.2, 0) is 19.3 Å². The van der Waals surface area contributed by atoms with E-state index in [1.54, 1.807) is 37.3 Å². The fourth-order valence-electron chi connectivity index (χ4n) is 4.39. The quantitative estimate of drug-likeness (QED) is 0.348. The zero-order valence-corrected chi connectivity index (χ0v) is 19.0. The molecule has 5 rings (SSSR count). The smallest absolute Gasteiger partial charge is 0.416 e. The van der Waals surface area contributed by atoms with Crippen LogP contribution in [0.3, 0.4) is 0 Å². The molecule has 0 N–H and O–H groups in total. The normalized spacial score (nSPS) is 13.3. The molecule has 0 bridgehead atoms. The van der Waals surface area contributed by atoms with E-state index in [2.05, 4.69) is 4.98 Å². The van der Waals surface area contributed by atoms with Crippen LogP contribution in [0.2, 0.25) is 0 Å². The number of methoxy groups -OCH3 is 2. The molecule has 4 aromatic rings. The Morgan fingerprint density at radius 1 is 0.914 bits per heavy atom. The Kier molecular flexibility index (Phi) is 5.59. The zero-order chi connectivity index (χ0) is 24.7. The molecule has 1 amide bonds. The van der Waals surface area contributed by atoms with Gasteiger partial charge in [0.2, 0.25) is 0 Å². The summed E-state index contributed by atoms with van der Waals surface area (Å²) < 4.78 is 50.1. The average Bonchev–Trinajstić information content (AvgIpc) is 3.16. The number of nitrogens with zero attached hydrogens (tertiary/aromatic N) is 2. The average molecular weight is 478 g/mol. The number of amides is 1. The molecule has 3 aromatic carbocycles. The van der Waals surface area contributed by atoms with Crippen molar-refractivity contribution in [1.82, 2.24) is 9.88 Å². The number of fused-ring (bicyclic) bond motifs is 2. The predicted molar refractivity (Wildman–Crippen MR) is 125 cm³/mol. The van der Waals surface area contributed by atoms with Crippen molar-refractivity contribution in [3.63, 3.8) is 0 Å². The number of rotatable bonds is 5. The highest BCUT2D eigenvalue weighted by molar-refractivity contribution is 6.06. The van der Waals surface area contributed by atoms with Crippen LogP contribution in [0, 0.1) is 0 Å². The summed E-state index contributed by atoms with van der Waals surface area (Å²) in [5.41, 5.74) is 3.02. The molecule has 1 aromatic heterocycles. The number of hydrogen-bond donors (Lipinski definition) is 0. The third kappa shape index (κ3) is 4.16. The number of benzene rings is 3. The van der Waals surface area contributed by atoms with Gasteiger partial charge in [-0.3, -0.25) is 4.79 Å². The van der Waals surface area contributed by atoms with Crippen molar-refractivity contribution in [2.45, 2.75) is 19.3 Å². The number of aromatic nitrogens is 1. The lowest BCUT2D eigenvalue weighted by molar-refractivity contribution is -0.137. The van der Waals surface area contributed by atoms with Gasteiger partial charge in [0.05, 0.1) is 25.3 Å². The van der Waals surface area contributed by atoms with Gasteiger partial charge in [0, 0.05) is 24.0 Å². The fraction of sp³-hybridized carbons (Fsp3) is 0.185. The SMILES string of the molecule is COc1ccc(CN2Cc3c(nc4ccc(OC)cc4c3-c3ccc(C(F)(F)F)cc3)C2=O)cc1. The summed E-state index contributed by atoms with van der Waals surface area (Å²) in [7, 11) is 3.13. The molecule has 0 saturated heterocycles. The number of carbonyl (C=O) groups excluding carboxylic acids is 1. The van der Waals surface area contributed by atoms with Crippen LogP contribution in [0.25, 0.3) is 22.0 Å². The lowest BCUT2D eigenvalue weighted by Gasteiger charge is -2.16. The van der Waals surface area contributed by atoms with E-state index < -0.39 is 11.7 Å². The van der Waals surface area contributed by atoms with Crippen LogP contribution < -0.4 is 9.47 Å². The predicted octanol–water partition coefficient (Wildman–Crippen LogP) is 6.09. The first-order valence-corrected chi connectivity index (χ1v) is 10.9. The molecule has 0 spiro atoms. The summed E-state index contributed by atoms with van der Waals surface area (Å²) >= 11 is 0. The summed E-state index contributed by atoms with van der Waals surface area (Å²) in [5.74, 6) is 1.09. The lowest BCUT2D eigenvalue weighted by atomic mass is 9.94. The Hall–Kier alpha value is -4.07. The minimum Gasteiger partial charge on any atom is -0.497 e. The molecule has 35 heavy (non-hydrogen) atoms. The largest absolute Gasteiger partial charge is 0.497 e. The molecular weight excluding hydrogens is 457 g/mol. The maximum absolute atomic E-state index is 13.3. The minimum atomic E-state index is -4.44. The summed E-state index contributed by atoms with van der Waals surface area (Å²) in [4.78, 5) is 19.6. The Bertz CT molecular complexity index is 1420. The summed E-state index contributed by atoms with van der Waals surface area (Å²) in [5, 5.41) is 0.710. The van der Waals surface area contributed by atoms with Crippen LogP contribution in [-0.4, -0.2) is 30.0 Å². The molecule has 1 aliphatic heterocycles. The van der Waals surface area contributed by atoms with Gasteiger partial charge in [-0.15, -0.1) is 0 Å². The van der Waals surface area contributed by atoms with Crippen molar-refractivity contribution in [3.8, 4) is 22.6 Å². The molecule has 178 valence electrons. The lowest BCUT2D eigenvalue weighted by Crippen LogP contribution is -2.23. The van der Waals surface area contributed by atoms with E-state index in [4.69, 9.17) is 9.47 Å². The van der Waals surface area contributed by atoms with Gasteiger partial charge in [-0.25, -0.2) is 4.98 Å². The Labute approximate surface area is 199 Å². The second-order valence-electron chi connectivity index (χ2n) is 8.28. The van der Waals surface area contributed by atoms with Crippen LogP contribution in [0.1, 0.15) is 27.2 Å². The molecule has 1 aliphatic rings. The third-order valence-electron chi connectivity index (χ3n) is 6.17. The van der Waals surface area contributed by atoms with E-state index in [1.807, 2.05) is 24.3 Å². The minimum absolute atomic E-state index is 0.221. The zero-order valence-electron chi connectivity index (χ0n) is 19.0.